The summed E-state index contributed by atoms with van der Waals surface area (Å²) in [6, 6.07) is 7.12. The Kier molecular flexibility index (Phi) is 7.06. The van der Waals surface area contributed by atoms with Crippen molar-refractivity contribution in [1.29, 1.82) is 0 Å². The highest BCUT2D eigenvalue weighted by molar-refractivity contribution is 7.96. The van der Waals surface area contributed by atoms with Gasteiger partial charge in [-0.15, -0.1) is 0 Å². The summed E-state index contributed by atoms with van der Waals surface area (Å²) >= 11 is 1.77. The molecule has 188 valence electrons. The third-order valence-corrected chi connectivity index (χ3v) is 7.34. The fourth-order valence-electron chi connectivity index (χ4n) is 4.53. The third kappa shape index (κ3) is 5.01. The zero-order chi connectivity index (χ0) is 25.2. The molecule has 4 heterocycles. The Labute approximate surface area is 214 Å². The molecular formula is C26H29F2N7S. The maximum Gasteiger partial charge on any atom is 0.229 e. The molecule has 0 aliphatic carbocycles. The number of hydrogen-bond acceptors (Lipinski definition) is 8. The molecule has 7 nitrogen and oxygen atoms in total. The molecule has 1 aromatic carbocycles. The molecule has 0 amide bonds. The smallest absolute Gasteiger partial charge is 0.229 e. The first-order valence-corrected chi connectivity index (χ1v) is 13.2. The Morgan fingerprint density at radius 1 is 1.00 bits per heavy atom. The number of hydrogen-bond donors (Lipinski definition) is 1. The summed E-state index contributed by atoms with van der Waals surface area (Å²) in [5.74, 6) is -0.249. The highest BCUT2D eigenvalue weighted by atomic mass is 32.2. The number of anilines is 4. The number of fused-ring (bicyclic) bond motifs is 1. The minimum Gasteiger partial charge on any atom is -0.368 e. The molecular weight excluding hydrogens is 480 g/mol. The lowest BCUT2D eigenvalue weighted by molar-refractivity contribution is 0.431. The van der Waals surface area contributed by atoms with Crippen LogP contribution in [0.4, 0.5) is 31.9 Å². The second-order valence-electron chi connectivity index (χ2n) is 9.06. The Morgan fingerprint density at radius 3 is 2.50 bits per heavy atom. The molecule has 0 saturated carbocycles. The van der Waals surface area contributed by atoms with Gasteiger partial charge in [-0.05, 0) is 50.8 Å². The first kappa shape index (κ1) is 24.5. The van der Waals surface area contributed by atoms with Crippen LogP contribution in [0.1, 0.15) is 19.4 Å². The summed E-state index contributed by atoms with van der Waals surface area (Å²) in [5, 5.41) is 3.05. The quantitative estimate of drug-likeness (QED) is 0.453. The van der Waals surface area contributed by atoms with E-state index in [1.807, 2.05) is 49.4 Å². The van der Waals surface area contributed by atoms with Crippen molar-refractivity contribution in [2.75, 3.05) is 47.6 Å². The summed E-state index contributed by atoms with van der Waals surface area (Å²) < 4.78 is 32.1. The molecule has 2 aliphatic heterocycles. The zero-order valence-corrected chi connectivity index (χ0v) is 21.4. The maximum atomic E-state index is 15.0. The van der Waals surface area contributed by atoms with Crippen LogP contribution in [0.5, 0.6) is 0 Å². The number of pyridine rings is 1. The van der Waals surface area contributed by atoms with E-state index in [0.717, 1.165) is 43.8 Å². The fourth-order valence-corrected chi connectivity index (χ4v) is 5.05. The van der Waals surface area contributed by atoms with Crippen molar-refractivity contribution in [3.63, 3.8) is 0 Å². The number of halogens is 2. The van der Waals surface area contributed by atoms with Crippen LogP contribution in [0.15, 0.2) is 48.9 Å². The van der Waals surface area contributed by atoms with E-state index in [4.69, 9.17) is 0 Å². The van der Waals surface area contributed by atoms with Crippen LogP contribution in [0.2, 0.25) is 0 Å². The SMILES string of the molecule is CSN1CCN(c2ccc(Nc3ncc(F)c(-c4cc(F)c5c(c4)N(C(C)C)C=CC5)n3)nc2)CC1. The van der Waals surface area contributed by atoms with Crippen molar-refractivity contribution < 1.29 is 8.78 Å². The highest BCUT2D eigenvalue weighted by Gasteiger charge is 2.22. The third-order valence-electron chi connectivity index (χ3n) is 6.46. The van der Waals surface area contributed by atoms with Crippen molar-refractivity contribution in [1.82, 2.24) is 19.3 Å². The first-order chi connectivity index (χ1) is 17.4. The minimum atomic E-state index is -0.616. The first-order valence-electron chi connectivity index (χ1n) is 12.0. The maximum absolute atomic E-state index is 15.0. The van der Waals surface area contributed by atoms with Crippen molar-refractivity contribution in [2.24, 2.45) is 0 Å². The lowest BCUT2D eigenvalue weighted by atomic mass is 9.99. The van der Waals surface area contributed by atoms with Gasteiger partial charge in [0.1, 0.15) is 17.3 Å². The minimum absolute atomic E-state index is 0.0377. The molecule has 36 heavy (non-hydrogen) atoms. The number of nitrogens with one attached hydrogen (secondary N) is 1. The van der Waals surface area contributed by atoms with E-state index in [1.165, 1.54) is 6.07 Å². The Hall–Kier alpha value is -3.24. The lowest BCUT2D eigenvalue weighted by Gasteiger charge is -2.34. The van der Waals surface area contributed by atoms with Crippen molar-refractivity contribution >= 4 is 35.1 Å². The molecule has 5 rings (SSSR count). The highest BCUT2D eigenvalue weighted by Crippen LogP contribution is 2.35. The summed E-state index contributed by atoms with van der Waals surface area (Å²) in [6.45, 7) is 7.95. The fraction of sp³-hybridized carbons (Fsp3) is 0.346. The van der Waals surface area contributed by atoms with Crippen LogP contribution in [0, 0.1) is 11.6 Å². The van der Waals surface area contributed by atoms with Gasteiger partial charge in [0.25, 0.3) is 0 Å². The Balaban J connectivity index is 1.37. The average molecular weight is 510 g/mol. The van der Waals surface area contributed by atoms with Gasteiger partial charge in [0, 0.05) is 55.2 Å². The van der Waals surface area contributed by atoms with Gasteiger partial charge in [0.2, 0.25) is 5.95 Å². The van der Waals surface area contributed by atoms with Gasteiger partial charge >= 0.3 is 0 Å². The number of rotatable bonds is 6. The molecule has 0 atom stereocenters. The molecule has 3 aromatic rings. The molecule has 0 unspecified atom stereocenters. The molecule has 0 spiro atoms. The monoisotopic (exact) mass is 509 g/mol. The normalized spacial score (nSPS) is 15.9. The summed E-state index contributed by atoms with van der Waals surface area (Å²) in [7, 11) is 0. The molecule has 1 fully saturated rings. The predicted octanol–water partition coefficient (Wildman–Crippen LogP) is 5.25. The van der Waals surface area contributed by atoms with Gasteiger partial charge in [-0.2, -0.15) is 0 Å². The van der Waals surface area contributed by atoms with Crippen molar-refractivity contribution in [3.8, 4) is 11.3 Å². The van der Waals surface area contributed by atoms with Gasteiger partial charge in [-0.25, -0.2) is 28.0 Å². The Morgan fingerprint density at radius 2 is 1.81 bits per heavy atom. The van der Waals surface area contributed by atoms with Crippen LogP contribution >= 0.6 is 11.9 Å². The predicted molar refractivity (Wildman–Crippen MR) is 143 cm³/mol. The van der Waals surface area contributed by atoms with Crippen molar-refractivity contribution in [3.05, 3.63) is 66.1 Å². The number of allylic oxidation sites excluding steroid dienone is 1. The zero-order valence-electron chi connectivity index (χ0n) is 20.6. The summed E-state index contributed by atoms with van der Waals surface area (Å²) in [5.41, 5.74) is 2.78. The van der Waals surface area contributed by atoms with Crippen molar-refractivity contribution in [2.45, 2.75) is 26.3 Å². The number of aromatic nitrogens is 3. The molecule has 0 radical (unpaired) electrons. The van der Waals surface area contributed by atoms with Crippen LogP contribution < -0.4 is 15.1 Å². The van der Waals surface area contributed by atoms with E-state index in [2.05, 4.69) is 35.7 Å². The van der Waals surface area contributed by atoms with Crippen LogP contribution in [-0.2, 0) is 6.42 Å². The van der Waals surface area contributed by atoms with Gasteiger partial charge in [0.15, 0.2) is 5.82 Å². The second-order valence-corrected chi connectivity index (χ2v) is 9.94. The van der Waals surface area contributed by atoms with E-state index in [9.17, 15) is 4.39 Å². The van der Waals surface area contributed by atoms with Gasteiger partial charge in [0.05, 0.1) is 18.1 Å². The summed E-state index contributed by atoms with van der Waals surface area (Å²) in [6.07, 6.45) is 9.38. The van der Waals surface area contributed by atoms with E-state index in [-0.39, 0.29) is 23.5 Å². The standard InChI is InChI=1S/C26H29F2N7S/c1-17(2)35-8-4-5-20-21(27)13-18(14-23(20)35)25-22(28)16-30-26(32-25)31-24-7-6-19(15-29-24)33-9-11-34(36-3)12-10-33/h4,6-8,13-17H,5,9-12H2,1-3H3,(H,29,30,31,32). The number of piperazine rings is 1. The van der Waals surface area contributed by atoms with E-state index in [0.29, 0.717) is 23.4 Å². The van der Waals surface area contributed by atoms with Gasteiger partial charge in [-0.3, -0.25) is 0 Å². The number of nitrogens with zero attached hydrogens (tertiary/aromatic N) is 6. The van der Waals surface area contributed by atoms with Crippen LogP contribution in [-0.4, -0.2) is 57.7 Å². The van der Waals surface area contributed by atoms with Gasteiger partial charge < -0.3 is 15.1 Å². The molecule has 2 aromatic heterocycles. The topological polar surface area (TPSA) is 60.4 Å². The Bertz CT molecular complexity index is 1260. The van der Waals surface area contributed by atoms with Crippen LogP contribution in [0.3, 0.4) is 0 Å². The van der Waals surface area contributed by atoms with Crippen LogP contribution in [0.25, 0.3) is 11.3 Å². The lowest BCUT2D eigenvalue weighted by Crippen LogP contribution is -2.43. The number of benzene rings is 1. The molecule has 0 bridgehead atoms. The molecule has 1 saturated heterocycles. The van der Waals surface area contributed by atoms with E-state index < -0.39 is 5.82 Å². The molecule has 10 heteroatoms. The van der Waals surface area contributed by atoms with E-state index >= 15 is 4.39 Å². The largest absolute Gasteiger partial charge is 0.368 e. The molecule has 2 aliphatic rings. The molecule has 1 N–H and O–H groups in total. The summed E-state index contributed by atoms with van der Waals surface area (Å²) in [4.78, 5) is 17.2. The van der Waals surface area contributed by atoms with E-state index in [1.54, 1.807) is 18.0 Å². The second kappa shape index (κ2) is 10.4. The van der Waals surface area contributed by atoms with Gasteiger partial charge in [-0.1, -0.05) is 18.0 Å². The average Bonchev–Trinajstić information content (AvgIpc) is 2.90.